The first-order valence-electron chi connectivity index (χ1n) is 22.2. The van der Waals surface area contributed by atoms with Gasteiger partial charge in [0.05, 0.1) is 53.2 Å². The molecule has 2 amide bonds. The van der Waals surface area contributed by atoms with Crippen molar-refractivity contribution in [2.45, 2.75) is 101 Å². The molecule has 3 aliphatic heterocycles. The van der Waals surface area contributed by atoms with Crippen molar-refractivity contribution < 1.29 is 37.0 Å². The van der Waals surface area contributed by atoms with Gasteiger partial charge in [0.2, 0.25) is 21.8 Å². The van der Waals surface area contributed by atoms with E-state index in [1.54, 1.807) is 4.90 Å². The van der Waals surface area contributed by atoms with Gasteiger partial charge in [0.25, 0.3) is 0 Å². The number of benzene rings is 2. The van der Waals surface area contributed by atoms with Crippen LogP contribution in [0.25, 0.3) is 21.6 Å². The minimum Gasteiger partial charge on any atom is -0.491 e. The third-order valence-electron chi connectivity index (χ3n) is 13.4. The molecule has 2 aliphatic carbocycles. The number of sulfonamides is 1. The van der Waals surface area contributed by atoms with Crippen LogP contribution in [0.15, 0.2) is 53.9 Å². The molecule has 0 unspecified atom stereocenters. The largest absolute Gasteiger partial charge is 0.491 e. The van der Waals surface area contributed by atoms with Crippen molar-refractivity contribution in [2.75, 3.05) is 46.0 Å². The number of pyridine rings is 1. The van der Waals surface area contributed by atoms with Gasteiger partial charge in [-0.15, -0.1) is 11.3 Å². The van der Waals surface area contributed by atoms with Crippen molar-refractivity contribution in [2.24, 2.45) is 11.3 Å². The Morgan fingerprint density at radius 2 is 1.87 bits per heavy atom. The van der Waals surface area contributed by atoms with E-state index in [0.29, 0.717) is 96.6 Å². The number of nitrogens with one attached hydrogen (secondary N) is 2. The van der Waals surface area contributed by atoms with Gasteiger partial charge in [0.15, 0.2) is 5.78 Å². The molecule has 4 aromatic rings. The molecule has 2 aromatic carbocycles. The molecular weight excluding hydrogens is 864 g/mol. The maximum Gasteiger partial charge on any atom is 0.241 e. The van der Waals surface area contributed by atoms with Gasteiger partial charge in [-0.2, -0.15) is 0 Å². The lowest BCUT2D eigenvalue weighted by molar-refractivity contribution is -0.145. The topological polar surface area (TPSA) is 169 Å². The van der Waals surface area contributed by atoms with E-state index in [9.17, 15) is 22.8 Å². The number of piperazine rings is 1. The summed E-state index contributed by atoms with van der Waals surface area (Å²) in [6.45, 7) is 10.7. The number of carbonyl (C=O) groups excluding carboxylic acids is 3. The quantitative estimate of drug-likeness (QED) is 0.132. The second-order valence-electron chi connectivity index (χ2n) is 18.0. The lowest BCUT2D eigenvalue weighted by Crippen LogP contribution is -2.63. The molecule has 6 atom stereocenters. The lowest BCUT2D eigenvalue weighted by Gasteiger charge is -2.39. The van der Waals surface area contributed by atoms with E-state index < -0.39 is 50.8 Å². The van der Waals surface area contributed by atoms with Crippen LogP contribution in [-0.4, -0.2) is 121 Å². The highest BCUT2D eigenvalue weighted by Gasteiger charge is 2.62. The normalized spacial score (nSPS) is 26.2. The summed E-state index contributed by atoms with van der Waals surface area (Å²) >= 11 is 8.63. The molecule has 0 bridgehead atoms. The SMILES string of the molecule is CC[C@@H]1C[C@]1(CC(=O)[C@@H]1C[C@@H](Oc2cc(-c3nc(C(C)C)cs3)nc3c(Cl)c(OCCN4CCOCC4)ccc23)[C@H]2CN[C@H](Cc3ccccc3)C(=O)N21)C(=O)NS(=O)(=O)C1CC1. The van der Waals surface area contributed by atoms with E-state index >= 15 is 0 Å². The number of halogens is 1. The summed E-state index contributed by atoms with van der Waals surface area (Å²) in [5.41, 5.74) is 1.81. The van der Waals surface area contributed by atoms with Gasteiger partial charge >= 0.3 is 0 Å². The molecule has 0 radical (unpaired) electrons. The van der Waals surface area contributed by atoms with Gasteiger partial charge in [-0.25, -0.2) is 18.4 Å². The highest BCUT2D eigenvalue weighted by Crippen LogP contribution is 2.58. The van der Waals surface area contributed by atoms with Crippen LogP contribution in [-0.2, 0) is 35.6 Å². The molecule has 9 rings (SSSR count). The monoisotopic (exact) mass is 918 g/mol. The summed E-state index contributed by atoms with van der Waals surface area (Å²) in [4.78, 5) is 57.1. The standard InChI is InChI=1S/C46H55ClN6O8S2/c1-4-29-23-46(29,45(56)51-63(57,58)30-10-11-30)24-37(54)35-22-40(36-25-48-33(44(55)53(35)36)20-28-8-6-5-7-9-28)61-39-21-32(43-50-34(26-62-43)27(2)3)49-42-31(39)12-13-38(41(42)47)60-19-16-52-14-17-59-18-15-52/h5-9,12-13,21,26-27,29-30,33,35-36,40,48H,4,10-11,14-20,22-25H2,1-3H3,(H,51,56)/t29-,33-,35+,36-,40-,46-/m1/s1. The number of nitrogens with zero attached hydrogens (tertiary/aromatic N) is 4. The number of morpholine rings is 1. The zero-order valence-corrected chi connectivity index (χ0v) is 38.3. The summed E-state index contributed by atoms with van der Waals surface area (Å²) in [5, 5.41) is 6.58. The Morgan fingerprint density at radius 1 is 1.10 bits per heavy atom. The molecule has 5 aliphatic rings. The van der Waals surface area contributed by atoms with E-state index in [1.807, 2.05) is 60.8 Å². The first kappa shape index (κ1) is 44.0. The van der Waals surface area contributed by atoms with E-state index in [1.165, 1.54) is 11.3 Å². The van der Waals surface area contributed by atoms with Crippen LogP contribution < -0.4 is 19.5 Å². The summed E-state index contributed by atoms with van der Waals surface area (Å²) in [7, 11) is -3.82. The molecule has 2 aromatic heterocycles. The van der Waals surface area contributed by atoms with Crippen molar-refractivity contribution in [3.63, 3.8) is 0 Å². The number of rotatable bonds is 17. The van der Waals surface area contributed by atoms with Crippen LogP contribution in [0.5, 0.6) is 11.5 Å². The van der Waals surface area contributed by atoms with Crippen LogP contribution in [0.2, 0.25) is 5.02 Å². The minimum absolute atomic E-state index is 0.147. The second kappa shape index (κ2) is 18.0. The molecule has 14 nitrogen and oxygen atoms in total. The molecule has 2 N–H and O–H groups in total. The highest BCUT2D eigenvalue weighted by atomic mass is 35.5. The fourth-order valence-electron chi connectivity index (χ4n) is 9.48. The second-order valence-corrected chi connectivity index (χ2v) is 21.2. The number of thiazole rings is 1. The van der Waals surface area contributed by atoms with Crippen molar-refractivity contribution in [3.05, 3.63) is 70.2 Å². The number of fused-ring (bicyclic) bond motifs is 2. The average molecular weight is 920 g/mol. The van der Waals surface area contributed by atoms with Gasteiger partial charge in [0, 0.05) is 55.9 Å². The Hall–Kier alpha value is -4.19. The summed E-state index contributed by atoms with van der Waals surface area (Å²) in [5.74, 6) is -0.0867. The fraction of sp³-hybridized carbons (Fsp3) is 0.543. The maximum absolute atomic E-state index is 14.8. The van der Waals surface area contributed by atoms with E-state index in [-0.39, 0.29) is 36.4 Å². The van der Waals surface area contributed by atoms with Crippen LogP contribution in [0.3, 0.4) is 0 Å². The molecule has 63 heavy (non-hydrogen) atoms. The number of ether oxygens (including phenoxy) is 3. The predicted octanol–water partition coefficient (Wildman–Crippen LogP) is 5.76. The fourth-order valence-corrected chi connectivity index (χ4v) is 12.1. The summed E-state index contributed by atoms with van der Waals surface area (Å²) in [6, 6.07) is 13.3. The Labute approximate surface area is 377 Å². The van der Waals surface area contributed by atoms with Gasteiger partial charge in [-0.05, 0) is 55.2 Å². The van der Waals surface area contributed by atoms with Crippen molar-refractivity contribution >= 4 is 61.5 Å². The predicted molar refractivity (Wildman–Crippen MR) is 241 cm³/mol. The Bertz CT molecular complexity index is 2480. The highest BCUT2D eigenvalue weighted by molar-refractivity contribution is 7.90. The van der Waals surface area contributed by atoms with Crippen molar-refractivity contribution in [3.8, 4) is 22.2 Å². The third kappa shape index (κ3) is 9.08. The van der Waals surface area contributed by atoms with Gasteiger partial charge in [0.1, 0.15) is 39.9 Å². The van der Waals surface area contributed by atoms with E-state index in [0.717, 1.165) is 30.9 Å². The van der Waals surface area contributed by atoms with Crippen LogP contribution in [0, 0.1) is 11.3 Å². The first-order valence-corrected chi connectivity index (χ1v) is 25.0. The zero-order valence-electron chi connectivity index (χ0n) is 35.9. The number of amides is 2. The van der Waals surface area contributed by atoms with Crippen LogP contribution >= 0.6 is 22.9 Å². The maximum atomic E-state index is 14.8. The number of hydrogen-bond acceptors (Lipinski definition) is 13. The minimum atomic E-state index is -3.82. The molecule has 336 valence electrons. The number of carbonyl (C=O) groups is 3. The smallest absolute Gasteiger partial charge is 0.241 e. The van der Waals surface area contributed by atoms with Crippen LogP contribution in [0.4, 0.5) is 0 Å². The Kier molecular flexibility index (Phi) is 12.6. The summed E-state index contributed by atoms with van der Waals surface area (Å²) in [6.07, 6.45) is 1.85. The number of ketones is 1. The molecule has 2 saturated carbocycles. The van der Waals surface area contributed by atoms with E-state index in [4.69, 9.17) is 35.8 Å². The van der Waals surface area contributed by atoms with Crippen molar-refractivity contribution in [1.82, 2.24) is 29.8 Å². The Morgan fingerprint density at radius 3 is 2.57 bits per heavy atom. The average Bonchev–Trinajstić information content (AvgIpc) is 4.17. The van der Waals surface area contributed by atoms with E-state index in [2.05, 4.69) is 28.8 Å². The number of aromatic nitrogens is 2. The molecular formula is C46H55ClN6O8S2. The number of hydrogen-bond donors (Lipinski definition) is 2. The molecule has 5 fully saturated rings. The summed E-state index contributed by atoms with van der Waals surface area (Å²) < 4.78 is 46.9. The van der Waals surface area contributed by atoms with Gasteiger partial charge in [-0.1, -0.05) is 69.1 Å². The first-order chi connectivity index (χ1) is 30.3. The zero-order chi connectivity index (χ0) is 44.0. The third-order valence-corrected chi connectivity index (χ3v) is 16.5. The van der Waals surface area contributed by atoms with Crippen molar-refractivity contribution in [1.29, 1.82) is 0 Å². The van der Waals surface area contributed by atoms with Gasteiger partial charge < -0.3 is 24.4 Å². The lowest BCUT2D eigenvalue weighted by atomic mass is 9.90. The Balaban J connectivity index is 1.03. The van der Waals surface area contributed by atoms with Gasteiger partial charge in [-0.3, -0.25) is 24.0 Å². The molecule has 3 saturated heterocycles. The molecule has 5 heterocycles. The molecule has 17 heteroatoms. The molecule has 0 spiro atoms. The number of Topliss-reactive ketones (excluding diaryl/α,β-unsaturated/α-hetero) is 1. The van der Waals surface area contributed by atoms with Crippen LogP contribution in [0.1, 0.15) is 76.5 Å².